The molecule has 1 aromatic carbocycles. The highest BCUT2D eigenvalue weighted by Crippen LogP contribution is 2.33. The maximum atomic E-state index is 12.2. The lowest BCUT2D eigenvalue weighted by molar-refractivity contribution is -0.274. The lowest BCUT2D eigenvalue weighted by Crippen LogP contribution is -2.30. The van der Waals surface area contributed by atoms with E-state index >= 15 is 0 Å². The number of thiophene rings is 1. The van der Waals surface area contributed by atoms with Gasteiger partial charge in [0.15, 0.2) is 0 Å². The second-order valence-corrected chi connectivity index (χ2v) is 5.34. The highest BCUT2D eigenvalue weighted by Gasteiger charge is 2.32. The molecule has 4 nitrogen and oxygen atoms in total. The highest BCUT2D eigenvalue weighted by atomic mass is 32.1. The van der Waals surface area contributed by atoms with Gasteiger partial charge in [0, 0.05) is 18.0 Å². The maximum Gasteiger partial charge on any atom is 0.573 e. The fourth-order valence-corrected chi connectivity index (χ4v) is 2.68. The summed E-state index contributed by atoms with van der Waals surface area (Å²) >= 11 is 0.973. The number of anilines is 1. The van der Waals surface area contributed by atoms with Gasteiger partial charge in [-0.25, -0.2) is 4.79 Å². The highest BCUT2D eigenvalue weighted by molar-refractivity contribution is 7.14. The van der Waals surface area contributed by atoms with Crippen molar-refractivity contribution in [2.45, 2.75) is 19.9 Å². The van der Waals surface area contributed by atoms with Gasteiger partial charge in [0.05, 0.1) is 0 Å². The van der Waals surface area contributed by atoms with Crippen LogP contribution in [0.2, 0.25) is 0 Å². The van der Waals surface area contributed by atoms with Gasteiger partial charge >= 0.3 is 12.5 Å². The van der Waals surface area contributed by atoms with Gasteiger partial charge < -0.3 is 9.47 Å². The summed E-state index contributed by atoms with van der Waals surface area (Å²) in [4.78, 5) is 13.3. The van der Waals surface area contributed by atoms with Crippen LogP contribution in [0, 0.1) is 0 Å². The molecular weight excluding hydrogens is 331 g/mol. The third kappa shape index (κ3) is 5.17. The molecule has 2 rings (SSSR count). The van der Waals surface area contributed by atoms with Gasteiger partial charge in [-0.05, 0) is 12.5 Å². The molecule has 2 aromatic rings. The van der Waals surface area contributed by atoms with E-state index in [2.05, 4.69) is 4.74 Å². The van der Waals surface area contributed by atoms with Crippen molar-refractivity contribution in [3.8, 4) is 5.75 Å². The smallest absolute Gasteiger partial charge is 0.444 e. The average Bonchev–Trinajstić information content (AvgIpc) is 2.93. The first-order valence-electron chi connectivity index (χ1n) is 6.71. The molecular formula is C15H14F3NO3S. The standard InChI is InChI=1S/C15H14F3NO3S/c1-2-19(13-8-12(10-23-13)22-15(16,17)18)14(20)21-9-11-6-4-3-5-7-11/h3-8,10H,2,9H2,1H3. The summed E-state index contributed by atoms with van der Waals surface area (Å²) in [5.74, 6) is -0.355. The molecule has 0 fully saturated rings. The summed E-state index contributed by atoms with van der Waals surface area (Å²) in [7, 11) is 0. The van der Waals surface area contributed by atoms with E-state index in [-0.39, 0.29) is 18.9 Å². The number of hydrogen-bond acceptors (Lipinski definition) is 4. The van der Waals surface area contributed by atoms with Crippen molar-refractivity contribution in [1.82, 2.24) is 0 Å². The minimum Gasteiger partial charge on any atom is -0.444 e. The zero-order valence-corrected chi connectivity index (χ0v) is 13.0. The Morgan fingerprint density at radius 2 is 1.96 bits per heavy atom. The van der Waals surface area contributed by atoms with Crippen LogP contribution in [-0.4, -0.2) is 19.0 Å². The van der Waals surface area contributed by atoms with Crippen molar-refractivity contribution >= 4 is 22.4 Å². The van der Waals surface area contributed by atoms with E-state index < -0.39 is 12.5 Å². The summed E-state index contributed by atoms with van der Waals surface area (Å²) in [5, 5.41) is 1.51. The van der Waals surface area contributed by atoms with Crippen molar-refractivity contribution in [3.05, 3.63) is 47.3 Å². The van der Waals surface area contributed by atoms with Crippen LogP contribution in [0.25, 0.3) is 0 Å². The van der Waals surface area contributed by atoms with E-state index in [4.69, 9.17) is 4.74 Å². The molecule has 8 heteroatoms. The summed E-state index contributed by atoms with van der Waals surface area (Å²) in [5.41, 5.74) is 0.823. The molecule has 0 saturated carbocycles. The number of hydrogen-bond donors (Lipinski definition) is 0. The number of ether oxygens (including phenoxy) is 2. The van der Waals surface area contributed by atoms with Crippen LogP contribution in [-0.2, 0) is 11.3 Å². The van der Waals surface area contributed by atoms with Gasteiger partial charge in [0.1, 0.15) is 17.4 Å². The molecule has 0 N–H and O–H groups in total. The number of carbonyl (C=O) groups excluding carboxylic acids is 1. The molecule has 0 aliphatic carbocycles. The summed E-state index contributed by atoms with van der Waals surface area (Å²) in [6.07, 6.45) is -5.39. The zero-order valence-electron chi connectivity index (χ0n) is 12.2. The molecule has 0 saturated heterocycles. The molecule has 1 aromatic heterocycles. The Labute approximate surface area is 135 Å². The molecule has 0 bridgehead atoms. The topological polar surface area (TPSA) is 38.8 Å². The second kappa shape index (κ2) is 7.36. The predicted molar refractivity (Wildman–Crippen MR) is 80.6 cm³/mol. The molecule has 1 heterocycles. The van der Waals surface area contributed by atoms with Crippen molar-refractivity contribution in [1.29, 1.82) is 0 Å². The number of nitrogens with zero attached hydrogens (tertiary/aromatic N) is 1. The SMILES string of the molecule is CCN(C(=O)OCc1ccccc1)c1cc(OC(F)(F)F)cs1. The third-order valence-electron chi connectivity index (χ3n) is 2.80. The van der Waals surface area contributed by atoms with Crippen LogP contribution in [0.1, 0.15) is 12.5 Å². The van der Waals surface area contributed by atoms with Gasteiger partial charge in [0.25, 0.3) is 0 Å². The Morgan fingerprint density at radius 3 is 2.57 bits per heavy atom. The summed E-state index contributed by atoms with van der Waals surface area (Å²) < 4.78 is 45.5. The first-order valence-corrected chi connectivity index (χ1v) is 7.59. The number of carbonyl (C=O) groups is 1. The average molecular weight is 345 g/mol. The third-order valence-corrected chi connectivity index (χ3v) is 3.73. The molecule has 0 aliphatic heterocycles. The van der Waals surface area contributed by atoms with Crippen LogP contribution >= 0.6 is 11.3 Å². The van der Waals surface area contributed by atoms with Gasteiger partial charge in [0.2, 0.25) is 0 Å². The van der Waals surface area contributed by atoms with Crippen molar-refractivity contribution in [2.24, 2.45) is 0 Å². The van der Waals surface area contributed by atoms with Crippen LogP contribution in [0.15, 0.2) is 41.8 Å². The van der Waals surface area contributed by atoms with E-state index in [1.807, 2.05) is 30.3 Å². The van der Waals surface area contributed by atoms with Crippen LogP contribution in [0.3, 0.4) is 0 Å². The quantitative estimate of drug-likeness (QED) is 0.781. The van der Waals surface area contributed by atoms with E-state index in [9.17, 15) is 18.0 Å². The van der Waals surface area contributed by atoms with Crippen molar-refractivity contribution in [3.63, 3.8) is 0 Å². The lowest BCUT2D eigenvalue weighted by Gasteiger charge is -2.18. The number of amides is 1. The molecule has 0 unspecified atom stereocenters. The molecule has 124 valence electrons. The van der Waals surface area contributed by atoms with Gasteiger partial charge in [-0.1, -0.05) is 30.3 Å². The summed E-state index contributed by atoms with van der Waals surface area (Å²) in [6, 6.07) is 10.3. The number of rotatable bonds is 5. The number of benzene rings is 1. The summed E-state index contributed by atoms with van der Waals surface area (Å²) in [6.45, 7) is 2.06. The molecule has 0 radical (unpaired) electrons. The predicted octanol–water partition coefficient (Wildman–Crippen LogP) is 4.81. The zero-order chi connectivity index (χ0) is 16.9. The van der Waals surface area contributed by atoms with Crippen molar-refractivity contribution < 1.29 is 27.4 Å². The van der Waals surface area contributed by atoms with E-state index in [0.717, 1.165) is 23.0 Å². The lowest BCUT2D eigenvalue weighted by atomic mass is 10.2. The van der Waals surface area contributed by atoms with E-state index in [0.29, 0.717) is 5.00 Å². The van der Waals surface area contributed by atoms with Crippen LogP contribution in [0.5, 0.6) is 5.75 Å². The fourth-order valence-electron chi connectivity index (χ4n) is 1.81. The fraction of sp³-hybridized carbons (Fsp3) is 0.267. The molecule has 0 spiro atoms. The van der Waals surface area contributed by atoms with Gasteiger partial charge in [-0.2, -0.15) is 0 Å². The Morgan fingerprint density at radius 1 is 1.26 bits per heavy atom. The number of alkyl halides is 3. The van der Waals surface area contributed by atoms with E-state index in [1.54, 1.807) is 6.92 Å². The Bertz CT molecular complexity index is 643. The van der Waals surface area contributed by atoms with E-state index in [1.165, 1.54) is 10.3 Å². The molecule has 23 heavy (non-hydrogen) atoms. The largest absolute Gasteiger partial charge is 0.573 e. The van der Waals surface area contributed by atoms with Crippen LogP contribution in [0.4, 0.5) is 23.0 Å². The first-order chi connectivity index (χ1) is 10.9. The Kier molecular flexibility index (Phi) is 5.49. The Hall–Kier alpha value is -2.22. The Balaban J connectivity index is 2.00. The minimum atomic E-state index is -4.76. The normalized spacial score (nSPS) is 11.1. The number of halogens is 3. The van der Waals surface area contributed by atoms with Crippen LogP contribution < -0.4 is 9.64 Å². The first kappa shape index (κ1) is 17.1. The molecule has 1 amide bonds. The minimum absolute atomic E-state index is 0.0907. The molecule has 0 atom stereocenters. The molecule has 0 aliphatic rings. The monoisotopic (exact) mass is 345 g/mol. The van der Waals surface area contributed by atoms with Gasteiger partial charge in [-0.15, -0.1) is 24.5 Å². The maximum absolute atomic E-state index is 12.2. The second-order valence-electron chi connectivity index (χ2n) is 4.45. The van der Waals surface area contributed by atoms with Crippen molar-refractivity contribution in [2.75, 3.05) is 11.4 Å². The van der Waals surface area contributed by atoms with Gasteiger partial charge in [-0.3, -0.25) is 4.90 Å².